The molecule has 1 saturated carbocycles. The van der Waals surface area contributed by atoms with Gasteiger partial charge in [0.05, 0.1) is 5.56 Å². The summed E-state index contributed by atoms with van der Waals surface area (Å²) in [5.74, 6) is -0.988. The van der Waals surface area contributed by atoms with E-state index >= 15 is 0 Å². The maximum atomic E-state index is 13.4. The first-order chi connectivity index (χ1) is 8.06. The first kappa shape index (κ1) is 12.3. The average molecular weight is 257 g/mol. The van der Waals surface area contributed by atoms with Gasteiger partial charge in [0.15, 0.2) is 0 Å². The molecule has 0 aromatic heterocycles. The van der Waals surface area contributed by atoms with Crippen molar-refractivity contribution in [2.45, 2.75) is 31.3 Å². The lowest BCUT2D eigenvalue weighted by atomic mass is 10.1. The first-order valence-corrected chi connectivity index (χ1v) is 5.95. The van der Waals surface area contributed by atoms with Gasteiger partial charge < -0.3 is 11.1 Å². The zero-order chi connectivity index (χ0) is 12.4. The van der Waals surface area contributed by atoms with Gasteiger partial charge in [0.2, 0.25) is 0 Å². The molecule has 3 N–H and O–H groups in total. The predicted octanol–water partition coefficient (Wildman–Crippen LogP) is 2.09. The Bertz CT molecular complexity index is 439. The first-order valence-electron chi connectivity index (χ1n) is 5.58. The minimum absolute atomic E-state index is 0.0158. The van der Waals surface area contributed by atoms with Crippen LogP contribution in [0.3, 0.4) is 0 Å². The molecule has 0 spiro atoms. The minimum atomic E-state index is -0.561. The van der Waals surface area contributed by atoms with Crippen LogP contribution in [-0.2, 0) is 0 Å². The van der Waals surface area contributed by atoms with Crippen molar-refractivity contribution < 1.29 is 9.18 Å². The number of amides is 1. The highest BCUT2D eigenvalue weighted by Gasteiger charge is 2.24. The molecule has 0 aliphatic heterocycles. The van der Waals surface area contributed by atoms with Crippen LogP contribution in [0.5, 0.6) is 0 Å². The normalized spacial score (nSPS) is 23.7. The van der Waals surface area contributed by atoms with Crippen LogP contribution in [0.2, 0.25) is 5.02 Å². The smallest absolute Gasteiger partial charge is 0.254 e. The average Bonchev–Trinajstić information content (AvgIpc) is 2.67. The predicted molar refractivity (Wildman–Crippen MR) is 64.5 cm³/mol. The third-order valence-electron chi connectivity index (χ3n) is 2.98. The highest BCUT2D eigenvalue weighted by Crippen LogP contribution is 2.19. The van der Waals surface area contributed by atoms with Crippen LogP contribution >= 0.6 is 11.6 Å². The Hall–Kier alpha value is -1.13. The summed E-state index contributed by atoms with van der Waals surface area (Å²) in [7, 11) is 0. The second kappa shape index (κ2) is 5.02. The highest BCUT2D eigenvalue weighted by atomic mass is 35.5. The van der Waals surface area contributed by atoms with E-state index in [1.807, 2.05) is 0 Å². The lowest BCUT2D eigenvalue weighted by Crippen LogP contribution is -2.34. The van der Waals surface area contributed by atoms with Crippen LogP contribution in [0.15, 0.2) is 18.2 Å². The molecule has 92 valence electrons. The summed E-state index contributed by atoms with van der Waals surface area (Å²) in [6.45, 7) is 0. The quantitative estimate of drug-likeness (QED) is 0.851. The Labute approximate surface area is 104 Å². The maximum absolute atomic E-state index is 13.4. The molecular formula is C12H14ClFN2O. The number of rotatable bonds is 2. The second-order valence-electron chi connectivity index (χ2n) is 4.37. The largest absolute Gasteiger partial charge is 0.349 e. The fraction of sp³-hybridized carbons (Fsp3) is 0.417. The summed E-state index contributed by atoms with van der Waals surface area (Å²) >= 11 is 5.73. The number of nitrogens with one attached hydrogen (secondary N) is 1. The molecule has 2 unspecified atom stereocenters. The van der Waals surface area contributed by atoms with Gasteiger partial charge >= 0.3 is 0 Å². The number of halogens is 2. The van der Waals surface area contributed by atoms with Gasteiger partial charge in [-0.1, -0.05) is 11.6 Å². The van der Waals surface area contributed by atoms with Crippen molar-refractivity contribution in [1.82, 2.24) is 5.32 Å². The van der Waals surface area contributed by atoms with Crippen LogP contribution in [0, 0.1) is 5.82 Å². The van der Waals surface area contributed by atoms with Crippen molar-refractivity contribution in [2.24, 2.45) is 5.73 Å². The molecule has 1 aromatic carbocycles. The van der Waals surface area contributed by atoms with Crippen molar-refractivity contribution in [3.8, 4) is 0 Å². The molecule has 1 aliphatic rings. The molecule has 5 heteroatoms. The number of hydrogen-bond acceptors (Lipinski definition) is 2. The number of benzene rings is 1. The van der Waals surface area contributed by atoms with Gasteiger partial charge in [0.25, 0.3) is 5.91 Å². The van der Waals surface area contributed by atoms with Gasteiger partial charge in [-0.15, -0.1) is 0 Å². The summed E-state index contributed by atoms with van der Waals surface area (Å²) in [6, 6.07) is 4.11. The van der Waals surface area contributed by atoms with Gasteiger partial charge in [-0.3, -0.25) is 4.79 Å². The van der Waals surface area contributed by atoms with Crippen molar-refractivity contribution in [2.75, 3.05) is 0 Å². The SMILES string of the molecule is NC1CCC(NC(=O)c2cc(Cl)ccc2F)C1. The van der Waals surface area contributed by atoms with Crippen molar-refractivity contribution in [3.05, 3.63) is 34.6 Å². The van der Waals surface area contributed by atoms with E-state index in [0.29, 0.717) is 5.02 Å². The molecule has 0 heterocycles. The van der Waals surface area contributed by atoms with Crippen LogP contribution in [-0.4, -0.2) is 18.0 Å². The zero-order valence-electron chi connectivity index (χ0n) is 9.25. The van der Waals surface area contributed by atoms with Gasteiger partial charge in [0, 0.05) is 17.1 Å². The van der Waals surface area contributed by atoms with Gasteiger partial charge in [0.1, 0.15) is 5.82 Å². The van der Waals surface area contributed by atoms with Gasteiger partial charge in [-0.05, 0) is 37.5 Å². The van der Waals surface area contributed by atoms with Crippen LogP contribution in [0.25, 0.3) is 0 Å². The summed E-state index contributed by atoms with van der Waals surface area (Å²) < 4.78 is 13.4. The number of nitrogens with two attached hydrogens (primary N) is 1. The number of carbonyl (C=O) groups excluding carboxylic acids is 1. The Morgan fingerprint density at radius 3 is 2.88 bits per heavy atom. The molecule has 1 aromatic rings. The van der Waals surface area contributed by atoms with Gasteiger partial charge in [-0.2, -0.15) is 0 Å². The van der Waals surface area contributed by atoms with Gasteiger partial charge in [-0.25, -0.2) is 4.39 Å². The van der Waals surface area contributed by atoms with Crippen LogP contribution in [0.4, 0.5) is 4.39 Å². The van der Waals surface area contributed by atoms with Crippen LogP contribution < -0.4 is 11.1 Å². The molecule has 2 atom stereocenters. The molecule has 1 amide bonds. The fourth-order valence-corrected chi connectivity index (χ4v) is 2.25. The lowest BCUT2D eigenvalue weighted by molar-refractivity contribution is 0.0933. The highest BCUT2D eigenvalue weighted by molar-refractivity contribution is 6.31. The van der Waals surface area contributed by atoms with E-state index in [2.05, 4.69) is 5.32 Å². The molecule has 1 aliphatic carbocycles. The summed E-state index contributed by atoms with van der Waals surface area (Å²) in [4.78, 5) is 11.8. The zero-order valence-corrected chi connectivity index (χ0v) is 10.0. The lowest BCUT2D eigenvalue weighted by Gasteiger charge is -2.12. The monoisotopic (exact) mass is 256 g/mol. The van der Waals surface area contributed by atoms with Crippen LogP contribution in [0.1, 0.15) is 29.6 Å². The van der Waals surface area contributed by atoms with Crippen molar-refractivity contribution >= 4 is 17.5 Å². The summed E-state index contributed by atoms with van der Waals surface area (Å²) in [6.07, 6.45) is 2.48. The molecule has 0 radical (unpaired) electrons. The third-order valence-corrected chi connectivity index (χ3v) is 3.22. The molecule has 17 heavy (non-hydrogen) atoms. The summed E-state index contributed by atoms with van der Waals surface area (Å²) in [5, 5.41) is 3.12. The Morgan fingerprint density at radius 2 is 2.24 bits per heavy atom. The van der Waals surface area contributed by atoms with Crippen molar-refractivity contribution in [1.29, 1.82) is 0 Å². The van der Waals surface area contributed by atoms with E-state index < -0.39 is 11.7 Å². The van der Waals surface area contributed by atoms with Crippen molar-refractivity contribution in [3.63, 3.8) is 0 Å². The molecule has 0 saturated heterocycles. The third kappa shape index (κ3) is 2.96. The Balaban J connectivity index is 2.06. The Morgan fingerprint density at radius 1 is 1.47 bits per heavy atom. The van der Waals surface area contributed by atoms with E-state index in [9.17, 15) is 9.18 Å². The Kier molecular flexibility index (Phi) is 3.64. The molecule has 1 fully saturated rings. The second-order valence-corrected chi connectivity index (χ2v) is 4.80. The molecule has 0 bridgehead atoms. The van der Waals surface area contributed by atoms with E-state index in [-0.39, 0.29) is 17.6 Å². The van der Waals surface area contributed by atoms with E-state index in [4.69, 9.17) is 17.3 Å². The standard InChI is InChI=1S/C12H14ClFN2O/c13-7-1-4-11(14)10(5-7)12(17)16-9-3-2-8(15)6-9/h1,4-5,8-9H,2-3,6,15H2,(H,16,17). The molecule has 3 nitrogen and oxygen atoms in total. The van der Waals surface area contributed by atoms with E-state index in [1.54, 1.807) is 0 Å². The fourth-order valence-electron chi connectivity index (χ4n) is 2.08. The van der Waals surface area contributed by atoms with E-state index in [0.717, 1.165) is 19.3 Å². The molecular weight excluding hydrogens is 243 g/mol. The topological polar surface area (TPSA) is 55.1 Å². The molecule has 2 rings (SSSR count). The number of hydrogen-bond donors (Lipinski definition) is 2. The number of carbonyl (C=O) groups is 1. The summed E-state index contributed by atoms with van der Waals surface area (Å²) in [5.41, 5.74) is 5.73. The van der Waals surface area contributed by atoms with E-state index in [1.165, 1.54) is 18.2 Å². The maximum Gasteiger partial charge on any atom is 0.254 e. The minimum Gasteiger partial charge on any atom is -0.349 e.